The van der Waals surface area contributed by atoms with E-state index in [0.29, 0.717) is 28.7 Å². The lowest BCUT2D eigenvalue weighted by Gasteiger charge is -2.30. The Morgan fingerprint density at radius 3 is 1.81 bits per heavy atom. The maximum absolute atomic E-state index is 16.1. The standard InChI is InChI=1S/C40H40ClFO12/c1-12-25-20(7)27(36(45)46)16(3)18(5)33(25)52-38(48)29-22(9)31(42)35(23(10)32(29)44)53-37(47)28-17(4)19(6)34(30(41)21(28)8)54-39(49)40(50)15(2)13-24(43)14-26(40)51-11/h13-14,44,50H,12H2,1-11H3,(H,45,46)/t40-/m1/s1. The number of hydrogen-bond donors (Lipinski definition) is 3. The van der Waals surface area contributed by atoms with Crippen molar-refractivity contribution in [2.45, 2.75) is 81.3 Å². The highest BCUT2D eigenvalue weighted by Gasteiger charge is 2.48. The number of carbonyl (C=O) groups is 5. The van der Waals surface area contributed by atoms with Crippen LogP contribution in [0.5, 0.6) is 23.0 Å². The number of phenols is 1. The molecule has 14 heteroatoms. The first-order valence-corrected chi connectivity index (χ1v) is 17.0. The Hall–Kier alpha value is -5.53. The van der Waals surface area contributed by atoms with E-state index in [1.807, 2.05) is 0 Å². The van der Waals surface area contributed by atoms with E-state index in [1.54, 1.807) is 27.7 Å². The zero-order chi connectivity index (χ0) is 40.9. The van der Waals surface area contributed by atoms with Crippen molar-refractivity contribution in [1.82, 2.24) is 0 Å². The molecule has 286 valence electrons. The van der Waals surface area contributed by atoms with Crippen molar-refractivity contribution < 1.29 is 62.6 Å². The second kappa shape index (κ2) is 15.1. The Morgan fingerprint density at radius 2 is 1.26 bits per heavy atom. The number of benzene rings is 3. The summed E-state index contributed by atoms with van der Waals surface area (Å²) in [6.45, 7) is 14.7. The van der Waals surface area contributed by atoms with E-state index in [9.17, 15) is 39.3 Å². The van der Waals surface area contributed by atoms with Gasteiger partial charge in [0.25, 0.3) is 0 Å². The van der Waals surface area contributed by atoms with Gasteiger partial charge in [0.15, 0.2) is 23.1 Å². The maximum Gasteiger partial charge on any atom is 0.356 e. The zero-order valence-corrected chi connectivity index (χ0v) is 32.4. The van der Waals surface area contributed by atoms with Crippen molar-refractivity contribution in [1.29, 1.82) is 0 Å². The molecule has 0 fully saturated rings. The summed E-state index contributed by atoms with van der Waals surface area (Å²) < 4.78 is 37.9. The highest BCUT2D eigenvalue weighted by molar-refractivity contribution is 6.33. The number of aromatic hydroxyl groups is 1. The molecule has 0 heterocycles. The smallest absolute Gasteiger partial charge is 0.356 e. The molecule has 0 aromatic heterocycles. The Morgan fingerprint density at radius 1 is 0.722 bits per heavy atom. The van der Waals surface area contributed by atoms with Gasteiger partial charge < -0.3 is 34.3 Å². The van der Waals surface area contributed by atoms with Gasteiger partial charge in [-0.15, -0.1) is 0 Å². The Labute approximate surface area is 315 Å². The van der Waals surface area contributed by atoms with E-state index in [4.69, 9.17) is 30.5 Å². The van der Waals surface area contributed by atoms with Crippen LogP contribution < -0.4 is 14.2 Å². The van der Waals surface area contributed by atoms with Gasteiger partial charge >= 0.3 is 23.9 Å². The number of aliphatic hydroxyl groups is 1. The minimum atomic E-state index is -2.45. The van der Waals surface area contributed by atoms with Gasteiger partial charge in [-0.25, -0.2) is 23.6 Å². The van der Waals surface area contributed by atoms with Gasteiger partial charge in [-0.05, 0) is 119 Å². The summed E-state index contributed by atoms with van der Waals surface area (Å²) in [5, 5.41) is 32.0. The maximum atomic E-state index is 16.1. The summed E-state index contributed by atoms with van der Waals surface area (Å²) in [5.41, 5.74) is -1.69. The van der Waals surface area contributed by atoms with E-state index in [-0.39, 0.29) is 61.2 Å². The molecule has 1 atom stereocenters. The number of aromatic carboxylic acids is 1. The number of allylic oxidation sites excluding steroid dienone is 2. The fraction of sp³-hybridized carbons (Fsp3) is 0.325. The van der Waals surface area contributed by atoms with Gasteiger partial charge in [-0.1, -0.05) is 18.5 Å². The number of esters is 3. The van der Waals surface area contributed by atoms with Gasteiger partial charge in [-0.2, -0.15) is 0 Å². The van der Waals surface area contributed by atoms with Crippen LogP contribution in [0.3, 0.4) is 0 Å². The van der Waals surface area contributed by atoms with E-state index >= 15 is 4.39 Å². The molecule has 4 rings (SSSR count). The quantitative estimate of drug-likeness (QED) is 0.149. The minimum Gasteiger partial charge on any atom is -0.507 e. The molecule has 1 aliphatic rings. The third-order valence-corrected chi connectivity index (χ3v) is 10.5. The molecule has 54 heavy (non-hydrogen) atoms. The molecule has 0 saturated carbocycles. The van der Waals surface area contributed by atoms with Gasteiger partial charge in [0, 0.05) is 17.2 Å². The van der Waals surface area contributed by atoms with E-state index in [2.05, 4.69) is 0 Å². The highest BCUT2D eigenvalue weighted by Crippen LogP contribution is 2.42. The lowest BCUT2D eigenvalue weighted by Crippen LogP contribution is -2.47. The normalized spacial score (nSPS) is 15.3. The van der Waals surface area contributed by atoms with Crippen molar-refractivity contribution in [3.63, 3.8) is 0 Å². The summed E-state index contributed by atoms with van der Waals surface area (Å²) in [6, 6.07) is 0. The Bertz CT molecular complexity index is 2210. The van der Waals surface area contributed by atoms with Crippen LogP contribution in [0, 0.1) is 61.2 Å². The number of ether oxygens (including phenoxy) is 4. The van der Waals surface area contributed by atoms with Crippen LogP contribution in [0.4, 0.5) is 4.39 Å². The van der Waals surface area contributed by atoms with Crippen molar-refractivity contribution in [2.24, 2.45) is 0 Å². The number of rotatable bonds is 9. The van der Waals surface area contributed by atoms with Crippen molar-refractivity contribution >= 4 is 41.3 Å². The third kappa shape index (κ3) is 6.62. The molecule has 0 bridgehead atoms. The highest BCUT2D eigenvalue weighted by atomic mass is 35.5. The second-order valence-corrected chi connectivity index (χ2v) is 13.4. The van der Waals surface area contributed by atoms with Gasteiger partial charge in [0.1, 0.15) is 22.8 Å². The molecular formula is C40H40ClFO12. The molecule has 0 aliphatic heterocycles. The average molecular weight is 767 g/mol. The molecule has 12 nitrogen and oxygen atoms in total. The largest absolute Gasteiger partial charge is 0.507 e. The van der Waals surface area contributed by atoms with Crippen LogP contribution in [0.25, 0.3) is 0 Å². The topological polar surface area (TPSA) is 183 Å². The molecule has 3 aromatic carbocycles. The predicted molar refractivity (Wildman–Crippen MR) is 195 cm³/mol. The first kappa shape index (κ1) is 41.2. The zero-order valence-electron chi connectivity index (χ0n) is 31.6. The number of carbonyl (C=O) groups excluding carboxylic acids is 4. The predicted octanol–water partition coefficient (Wildman–Crippen LogP) is 7.05. The average Bonchev–Trinajstić information content (AvgIpc) is 3.10. The van der Waals surface area contributed by atoms with Crippen LogP contribution in [-0.2, 0) is 20.7 Å². The Balaban J connectivity index is 1.71. The number of phenolic OH excluding ortho intramolecular Hbond substituents is 1. The molecule has 1 aliphatic carbocycles. The molecule has 3 N–H and O–H groups in total. The van der Waals surface area contributed by atoms with E-state index in [0.717, 1.165) is 12.2 Å². The lowest BCUT2D eigenvalue weighted by molar-refractivity contribution is -0.151. The number of methoxy groups -OCH3 is 1. The van der Waals surface area contributed by atoms with Gasteiger partial charge in [0.2, 0.25) is 5.60 Å². The molecule has 0 amide bonds. The molecule has 0 spiro atoms. The molecule has 0 saturated heterocycles. The summed E-state index contributed by atoms with van der Waals surface area (Å²) in [4.78, 5) is 64.6. The van der Waals surface area contributed by atoms with Crippen LogP contribution >= 0.6 is 11.6 Å². The van der Waals surface area contributed by atoms with Crippen LogP contribution in [-0.4, -0.2) is 57.7 Å². The van der Waals surface area contributed by atoms with Gasteiger partial charge in [0.05, 0.1) is 23.3 Å². The lowest BCUT2D eigenvalue weighted by atomic mass is 9.87. The van der Waals surface area contributed by atoms with Crippen LogP contribution in [0.1, 0.15) is 95.0 Å². The van der Waals surface area contributed by atoms with Crippen LogP contribution in [0.2, 0.25) is 5.02 Å². The van der Waals surface area contributed by atoms with Crippen LogP contribution in [0.15, 0.2) is 23.5 Å². The SMILES string of the molecule is CCc1c(C)c(C(=O)O)c(C)c(C)c1OC(=O)c1c(C)c(F)c(OC(=O)c2c(C)c(C)c(OC(=O)[C@@]3(O)C(C)=CC(=O)C=C3OC)c(Cl)c2C)c(C)c1O. The summed E-state index contributed by atoms with van der Waals surface area (Å²) in [6.07, 6.45) is 2.31. The Kier molecular flexibility index (Phi) is 11.5. The molecule has 0 radical (unpaired) electrons. The van der Waals surface area contributed by atoms with Crippen molar-refractivity contribution in [3.8, 4) is 23.0 Å². The number of carboxylic acids is 1. The fourth-order valence-electron chi connectivity index (χ4n) is 6.58. The first-order valence-electron chi connectivity index (χ1n) is 16.6. The molecular weight excluding hydrogens is 727 g/mol. The van der Waals surface area contributed by atoms with E-state index in [1.165, 1.54) is 48.7 Å². The minimum absolute atomic E-state index is 0.0603. The molecule has 3 aromatic rings. The summed E-state index contributed by atoms with van der Waals surface area (Å²) in [7, 11) is 1.17. The number of ketones is 1. The number of hydrogen-bond acceptors (Lipinski definition) is 11. The van der Waals surface area contributed by atoms with E-state index < -0.39 is 63.7 Å². The first-order chi connectivity index (χ1) is 25.1. The second-order valence-electron chi connectivity index (χ2n) is 13.0. The summed E-state index contributed by atoms with van der Waals surface area (Å²) >= 11 is 6.62. The summed E-state index contributed by atoms with van der Waals surface area (Å²) in [5.74, 6) is -8.10. The van der Waals surface area contributed by atoms with Gasteiger partial charge in [-0.3, -0.25) is 4.79 Å². The number of halogens is 2. The van der Waals surface area contributed by atoms with Crippen molar-refractivity contribution in [3.05, 3.63) is 101 Å². The van der Waals surface area contributed by atoms with Crippen molar-refractivity contribution in [2.75, 3.05) is 7.11 Å². The third-order valence-electron chi connectivity index (χ3n) is 10.0. The molecule has 0 unspecified atom stereocenters. The number of carboxylic acid groups (broad SMARTS) is 1. The monoisotopic (exact) mass is 766 g/mol. The fourth-order valence-corrected chi connectivity index (χ4v) is 6.86.